The molecule has 0 aliphatic heterocycles. The topological polar surface area (TPSA) is 85.8 Å². The van der Waals surface area contributed by atoms with Gasteiger partial charge in [0.25, 0.3) is 5.91 Å². The Morgan fingerprint density at radius 3 is 2.62 bits per heavy atom. The second-order valence-corrected chi connectivity index (χ2v) is 5.81. The Morgan fingerprint density at radius 1 is 1.21 bits per heavy atom. The third-order valence-electron chi connectivity index (χ3n) is 3.63. The van der Waals surface area contributed by atoms with Crippen LogP contribution < -0.4 is 11.1 Å². The normalized spacial score (nSPS) is 10.6. The van der Waals surface area contributed by atoms with Crippen molar-refractivity contribution in [2.75, 3.05) is 11.1 Å². The first-order chi connectivity index (χ1) is 11.5. The minimum absolute atomic E-state index is 0.104. The van der Waals surface area contributed by atoms with Gasteiger partial charge in [0.2, 0.25) is 0 Å². The lowest BCUT2D eigenvalue weighted by molar-refractivity contribution is 0.102. The first-order valence-electron chi connectivity index (χ1n) is 7.35. The van der Waals surface area contributed by atoms with Crippen LogP contribution in [0, 0.1) is 6.92 Å². The van der Waals surface area contributed by atoms with E-state index in [1.54, 1.807) is 12.1 Å². The number of benzene rings is 2. The number of hydrogen-bond donors (Lipinski definition) is 2. The lowest BCUT2D eigenvalue weighted by Gasteiger charge is -2.07. The summed E-state index contributed by atoms with van der Waals surface area (Å²) in [5, 5.41) is 11.3. The zero-order valence-corrected chi connectivity index (χ0v) is 13.8. The summed E-state index contributed by atoms with van der Waals surface area (Å²) in [6, 6.07) is 14.8. The summed E-state index contributed by atoms with van der Waals surface area (Å²) in [4.78, 5) is 12.4. The first-order valence-corrected chi connectivity index (χ1v) is 7.73. The molecule has 0 saturated heterocycles. The molecule has 3 N–H and O–H groups in total. The zero-order valence-electron chi connectivity index (χ0n) is 13.0. The Kier molecular flexibility index (Phi) is 4.48. The number of para-hydroxylation sites is 1. The van der Waals surface area contributed by atoms with Crippen molar-refractivity contribution in [1.82, 2.24) is 15.0 Å². The van der Waals surface area contributed by atoms with Gasteiger partial charge < -0.3 is 11.1 Å². The minimum atomic E-state index is -0.385. The summed E-state index contributed by atoms with van der Waals surface area (Å²) in [5.41, 5.74) is 8.76. The third-order valence-corrected chi connectivity index (χ3v) is 3.88. The largest absolute Gasteiger partial charge is 0.382 e. The molecule has 122 valence electrons. The molecule has 0 aliphatic rings. The Labute approximate surface area is 144 Å². The molecular weight excluding hydrogens is 326 g/mol. The van der Waals surface area contributed by atoms with Gasteiger partial charge in [-0.1, -0.05) is 47.1 Å². The number of anilines is 2. The molecule has 0 bridgehead atoms. The van der Waals surface area contributed by atoms with E-state index >= 15 is 0 Å². The van der Waals surface area contributed by atoms with Gasteiger partial charge in [0.15, 0.2) is 11.5 Å². The van der Waals surface area contributed by atoms with E-state index in [0.29, 0.717) is 17.3 Å². The van der Waals surface area contributed by atoms with E-state index in [2.05, 4.69) is 15.6 Å². The molecule has 0 fully saturated rings. The van der Waals surface area contributed by atoms with Crippen LogP contribution in [0.2, 0.25) is 5.02 Å². The van der Waals surface area contributed by atoms with Crippen molar-refractivity contribution in [3.05, 3.63) is 70.4 Å². The standard InChI is InChI=1S/C17H16ClN5O/c1-11-4-2-3-5-14(11)20-17(24)15-16(19)23(22-21-15)10-12-6-8-13(18)9-7-12/h2-9H,10,19H2,1H3,(H,20,24). The monoisotopic (exact) mass is 341 g/mol. The van der Waals surface area contributed by atoms with Gasteiger partial charge in [-0.25, -0.2) is 4.68 Å². The van der Waals surface area contributed by atoms with Crippen LogP contribution in [0.5, 0.6) is 0 Å². The SMILES string of the molecule is Cc1ccccc1NC(=O)c1nnn(Cc2ccc(Cl)cc2)c1N. The molecule has 0 saturated carbocycles. The van der Waals surface area contributed by atoms with Gasteiger partial charge in [-0.3, -0.25) is 4.79 Å². The van der Waals surface area contributed by atoms with Crippen LogP contribution in [0.1, 0.15) is 21.6 Å². The van der Waals surface area contributed by atoms with Gasteiger partial charge in [0, 0.05) is 10.7 Å². The molecule has 1 heterocycles. The highest BCUT2D eigenvalue weighted by Gasteiger charge is 2.18. The average molecular weight is 342 g/mol. The number of nitrogens with zero attached hydrogens (tertiary/aromatic N) is 3. The summed E-state index contributed by atoms with van der Waals surface area (Å²) >= 11 is 5.87. The molecule has 1 aromatic heterocycles. The van der Waals surface area contributed by atoms with E-state index in [1.165, 1.54) is 4.68 Å². The molecule has 7 heteroatoms. The quantitative estimate of drug-likeness (QED) is 0.763. The second kappa shape index (κ2) is 6.72. The molecule has 2 aromatic carbocycles. The number of nitrogens with one attached hydrogen (secondary N) is 1. The van der Waals surface area contributed by atoms with Crippen molar-refractivity contribution in [3.63, 3.8) is 0 Å². The predicted molar refractivity (Wildman–Crippen MR) is 94.1 cm³/mol. The Hall–Kier alpha value is -2.86. The van der Waals surface area contributed by atoms with E-state index < -0.39 is 0 Å². The molecule has 0 radical (unpaired) electrons. The second-order valence-electron chi connectivity index (χ2n) is 5.38. The van der Waals surface area contributed by atoms with Crippen molar-refractivity contribution < 1.29 is 4.79 Å². The van der Waals surface area contributed by atoms with Crippen LogP contribution in [0.3, 0.4) is 0 Å². The molecule has 1 amide bonds. The van der Waals surface area contributed by atoms with Gasteiger partial charge in [0.05, 0.1) is 6.54 Å². The van der Waals surface area contributed by atoms with Crippen molar-refractivity contribution in [2.24, 2.45) is 0 Å². The summed E-state index contributed by atoms with van der Waals surface area (Å²) in [6.07, 6.45) is 0. The molecular formula is C17H16ClN5O. The highest BCUT2D eigenvalue weighted by atomic mass is 35.5. The fourth-order valence-corrected chi connectivity index (χ4v) is 2.38. The predicted octanol–water partition coefficient (Wildman–Crippen LogP) is 3.12. The third kappa shape index (κ3) is 3.38. The van der Waals surface area contributed by atoms with Gasteiger partial charge >= 0.3 is 0 Å². The molecule has 0 spiro atoms. The molecule has 0 atom stereocenters. The van der Waals surface area contributed by atoms with E-state index in [4.69, 9.17) is 17.3 Å². The number of aryl methyl sites for hydroxylation is 1. The summed E-state index contributed by atoms with van der Waals surface area (Å²) in [5.74, 6) is -0.166. The van der Waals surface area contributed by atoms with Crippen LogP contribution in [0.15, 0.2) is 48.5 Å². The number of nitrogen functional groups attached to an aromatic ring is 1. The summed E-state index contributed by atoms with van der Waals surface area (Å²) in [6.45, 7) is 2.32. The van der Waals surface area contributed by atoms with Crippen LogP contribution in [0.25, 0.3) is 0 Å². The molecule has 0 aliphatic carbocycles. The van der Waals surface area contributed by atoms with E-state index in [9.17, 15) is 4.79 Å². The maximum atomic E-state index is 12.4. The Bertz CT molecular complexity index is 873. The van der Waals surface area contributed by atoms with Gasteiger partial charge in [-0.2, -0.15) is 0 Å². The Morgan fingerprint density at radius 2 is 1.92 bits per heavy atom. The van der Waals surface area contributed by atoms with Crippen molar-refractivity contribution in [1.29, 1.82) is 0 Å². The van der Waals surface area contributed by atoms with Crippen LogP contribution >= 0.6 is 11.6 Å². The van der Waals surface area contributed by atoms with Gasteiger partial charge in [0.1, 0.15) is 0 Å². The highest BCUT2D eigenvalue weighted by Crippen LogP contribution is 2.17. The zero-order chi connectivity index (χ0) is 17.1. The smallest absolute Gasteiger partial charge is 0.280 e. The van der Waals surface area contributed by atoms with E-state index in [1.807, 2.05) is 43.3 Å². The number of hydrogen-bond acceptors (Lipinski definition) is 4. The number of rotatable bonds is 4. The first kappa shape index (κ1) is 16.0. The highest BCUT2D eigenvalue weighted by molar-refractivity contribution is 6.30. The maximum Gasteiger partial charge on any atom is 0.280 e. The fraction of sp³-hybridized carbons (Fsp3) is 0.118. The maximum absolute atomic E-state index is 12.4. The molecule has 0 unspecified atom stereocenters. The van der Waals surface area contributed by atoms with Crippen LogP contribution in [-0.2, 0) is 6.54 Å². The van der Waals surface area contributed by atoms with Crippen molar-refractivity contribution in [3.8, 4) is 0 Å². The lowest BCUT2D eigenvalue weighted by atomic mass is 10.2. The fourth-order valence-electron chi connectivity index (χ4n) is 2.26. The lowest BCUT2D eigenvalue weighted by Crippen LogP contribution is -2.16. The molecule has 3 rings (SSSR count). The molecule has 3 aromatic rings. The number of amides is 1. The van der Waals surface area contributed by atoms with Crippen LogP contribution in [0.4, 0.5) is 11.5 Å². The number of carbonyl (C=O) groups excluding carboxylic acids is 1. The summed E-state index contributed by atoms with van der Waals surface area (Å²) < 4.78 is 1.48. The number of halogens is 1. The Balaban J connectivity index is 1.78. The number of carbonyl (C=O) groups is 1. The average Bonchev–Trinajstić information content (AvgIpc) is 2.93. The van der Waals surface area contributed by atoms with E-state index in [-0.39, 0.29) is 17.4 Å². The van der Waals surface area contributed by atoms with Crippen molar-refractivity contribution in [2.45, 2.75) is 13.5 Å². The van der Waals surface area contributed by atoms with E-state index in [0.717, 1.165) is 11.1 Å². The molecule has 24 heavy (non-hydrogen) atoms. The van der Waals surface area contributed by atoms with Crippen LogP contribution in [-0.4, -0.2) is 20.9 Å². The number of nitrogens with two attached hydrogens (primary N) is 1. The van der Waals surface area contributed by atoms with Gasteiger partial charge in [-0.15, -0.1) is 5.10 Å². The summed E-state index contributed by atoms with van der Waals surface area (Å²) in [7, 11) is 0. The minimum Gasteiger partial charge on any atom is -0.382 e. The number of aromatic nitrogens is 3. The van der Waals surface area contributed by atoms with Crippen molar-refractivity contribution >= 4 is 29.0 Å². The van der Waals surface area contributed by atoms with Gasteiger partial charge in [-0.05, 0) is 36.2 Å². The molecule has 6 nitrogen and oxygen atoms in total.